The quantitative estimate of drug-likeness (QED) is 0.481. The zero-order valence-electron chi connectivity index (χ0n) is 13.8. The lowest BCUT2D eigenvalue weighted by Gasteiger charge is -2.30. The van der Waals surface area contributed by atoms with Crippen LogP contribution in [0, 0.1) is 5.92 Å². The van der Waals surface area contributed by atoms with E-state index >= 15 is 0 Å². The van der Waals surface area contributed by atoms with Gasteiger partial charge in [-0.15, -0.1) is 0 Å². The fourth-order valence-electron chi connectivity index (χ4n) is 3.02. The standard InChI is InChI=1S/C17H33NO3/c1-4-7-14(3)16(17(20)21-5-2)8-6-11-18-12-9-15(19)10-13-18/h15-17,19-20H,3-13H2,1-2H3. The molecular formula is C17H33NO3. The smallest absolute Gasteiger partial charge is 0.161 e. The minimum atomic E-state index is -0.725. The molecule has 1 heterocycles. The van der Waals surface area contributed by atoms with Crippen LogP contribution in [0.2, 0.25) is 0 Å². The van der Waals surface area contributed by atoms with Crippen LogP contribution in [0.4, 0.5) is 0 Å². The van der Waals surface area contributed by atoms with Crippen LogP contribution in [0.15, 0.2) is 12.2 Å². The SMILES string of the molecule is C=C(CCC)C(CCCN1CCC(O)CC1)C(O)OCC. The molecule has 0 aromatic carbocycles. The number of ether oxygens (including phenoxy) is 1. The molecule has 124 valence electrons. The predicted octanol–water partition coefficient (Wildman–Crippen LogP) is 2.55. The Kier molecular flexibility index (Phi) is 9.16. The maximum absolute atomic E-state index is 10.1. The van der Waals surface area contributed by atoms with Crippen LogP contribution in [0.1, 0.15) is 52.4 Å². The first kappa shape index (κ1) is 18.6. The Hall–Kier alpha value is -0.420. The molecule has 0 bridgehead atoms. The Morgan fingerprint density at radius 2 is 2.00 bits per heavy atom. The molecule has 4 heteroatoms. The van der Waals surface area contributed by atoms with Crippen molar-refractivity contribution in [1.29, 1.82) is 0 Å². The number of hydrogen-bond donors (Lipinski definition) is 2. The molecule has 2 atom stereocenters. The van der Waals surface area contributed by atoms with Crippen LogP contribution in [-0.2, 0) is 4.74 Å². The summed E-state index contributed by atoms with van der Waals surface area (Å²) in [5.41, 5.74) is 1.10. The van der Waals surface area contributed by atoms with Gasteiger partial charge in [-0.2, -0.15) is 0 Å². The Balaban J connectivity index is 2.36. The Morgan fingerprint density at radius 1 is 1.33 bits per heavy atom. The summed E-state index contributed by atoms with van der Waals surface area (Å²) in [6.45, 7) is 11.7. The van der Waals surface area contributed by atoms with Crippen LogP contribution in [0.5, 0.6) is 0 Å². The first-order chi connectivity index (χ1) is 10.1. The first-order valence-corrected chi connectivity index (χ1v) is 8.46. The topological polar surface area (TPSA) is 52.9 Å². The lowest BCUT2D eigenvalue weighted by atomic mass is 9.91. The Labute approximate surface area is 129 Å². The molecule has 1 fully saturated rings. The Morgan fingerprint density at radius 3 is 2.57 bits per heavy atom. The number of hydrogen-bond acceptors (Lipinski definition) is 4. The number of piperidine rings is 1. The molecule has 2 N–H and O–H groups in total. The van der Waals surface area contributed by atoms with E-state index in [0.29, 0.717) is 6.61 Å². The zero-order valence-corrected chi connectivity index (χ0v) is 13.8. The fraction of sp³-hybridized carbons (Fsp3) is 0.882. The number of nitrogens with zero attached hydrogens (tertiary/aromatic N) is 1. The van der Waals surface area contributed by atoms with E-state index in [9.17, 15) is 10.2 Å². The molecule has 1 aliphatic rings. The molecule has 0 saturated carbocycles. The predicted molar refractivity (Wildman–Crippen MR) is 86.1 cm³/mol. The van der Waals surface area contributed by atoms with E-state index in [1.165, 1.54) is 0 Å². The van der Waals surface area contributed by atoms with Gasteiger partial charge in [-0.3, -0.25) is 0 Å². The number of aliphatic hydroxyl groups excluding tert-OH is 2. The molecular weight excluding hydrogens is 266 g/mol. The molecule has 21 heavy (non-hydrogen) atoms. The number of rotatable bonds is 10. The van der Waals surface area contributed by atoms with Crippen molar-refractivity contribution >= 4 is 0 Å². The molecule has 0 aromatic rings. The summed E-state index contributed by atoms with van der Waals surface area (Å²) in [7, 11) is 0. The highest BCUT2D eigenvalue weighted by Crippen LogP contribution is 2.25. The molecule has 1 aliphatic heterocycles. The third-order valence-electron chi connectivity index (χ3n) is 4.32. The summed E-state index contributed by atoms with van der Waals surface area (Å²) < 4.78 is 5.38. The second kappa shape index (κ2) is 10.3. The minimum absolute atomic E-state index is 0.0419. The van der Waals surface area contributed by atoms with Gasteiger partial charge in [-0.05, 0) is 45.6 Å². The molecule has 2 unspecified atom stereocenters. The van der Waals surface area contributed by atoms with E-state index in [2.05, 4.69) is 18.4 Å². The lowest BCUT2D eigenvalue weighted by molar-refractivity contribution is -0.124. The molecule has 4 nitrogen and oxygen atoms in total. The van der Waals surface area contributed by atoms with Crippen LogP contribution < -0.4 is 0 Å². The maximum atomic E-state index is 10.1. The summed E-state index contributed by atoms with van der Waals surface area (Å²) in [6, 6.07) is 0. The molecule has 0 radical (unpaired) electrons. The molecule has 0 amide bonds. The highest BCUT2D eigenvalue weighted by Gasteiger charge is 2.23. The second-order valence-corrected chi connectivity index (χ2v) is 6.08. The van der Waals surface area contributed by atoms with Crippen LogP contribution >= 0.6 is 0 Å². The van der Waals surface area contributed by atoms with Crippen LogP contribution in [0.25, 0.3) is 0 Å². The van der Waals surface area contributed by atoms with Gasteiger partial charge < -0.3 is 19.8 Å². The van der Waals surface area contributed by atoms with Gasteiger partial charge in [0.2, 0.25) is 0 Å². The third-order valence-corrected chi connectivity index (χ3v) is 4.32. The highest BCUT2D eigenvalue weighted by atomic mass is 16.6. The van der Waals surface area contributed by atoms with Gasteiger partial charge in [-0.25, -0.2) is 0 Å². The second-order valence-electron chi connectivity index (χ2n) is 6.08. The van der Waals surface area contributed by atoms with Gasteiger partial charge in [0.1, 0.15) is 0 Å². The van der Waals surface area contributed by atoms with Gasteiger partial charge in [0, 0.05) is 25.6 Å². The largest absolute Gasteiger partial charge is 0.393 e. The van der Waals surface area contributed by atoms with E-state index in [-0.39, 0.29) is 12.0 Å². The van der Waals surface area contributed by atoms with E-state index in [1.807, 2.05) is 6.92 Å². The summed E-state index contributed by atoms with van der Waals surface area (Å²) in [5.74, 6) is 0.0419. The van der Waals surface area contributed by atoms with E-state index < -0.39 is 6.29 Å². The first-order valence-electron chi connectivity index (χ1n) is 8.46. The number of aliphatic hydroxyl groups is 2. The highest BCUT2D eigenvalue weighted by molar-refractivity contribution is 5.01. The van der Waals surface area contributed by atoms with Crippen molar-refractivity contribution in [2.75, 3.05) is 26.2 Å². The van der Waals surface area contributed by atoms with Crippen molar-refractivity contribution in [3.05, 3.63) is 12.2 Å². The van der Waals surface area contributed by atoms with Gasteiger partial charge in [-0.1, -0.05) is 25.5 Å². The van der Waals surface area contributed by atoms with Crippen molar-refractivity contribution in [3.8, 4) is 0 Å². The van der Waals surface area contributed by atoms with Crippen molar-refractivity contribution in [3.63, 3.8) is 0 Å². The normalized spacial score (nSPS) is 20.4. The number of likely N-dealkylation sites (tertiary alicyclic amines) is 1. The summed E-state index contributed by atoms with van der Waals surface area (Å²) >= 11 is 0. The Bertz CT molecular complexity index is 288. The van der Waals surface area contributed by atoms with Crippen molar-refractivity contribution in [2.24, 2.45) is 5.92 Å². The monoisotopic (exact) mass is 299 g/mol. The van der Waals surface area contributed by atoms with Gasteiger partial charge in [0.25, 0.3) is 0 Å². The molecule has 0 spiro atoms. The molecule has 1 rings (SSSR count). The average molecular weight is 299 g/mol. The molecule has 1 saturated heterocycles. The third kappa shape index (κ3) is 6.92. The van der Waals surface area contributed by atoms with Crippen LogP contribution in [0.3, 0.4) is 0 Å². The molecule has 0 aliphatic carbocycles. The maximum Gasteiger partial charge on any atom is 0.161 e. The fourth-order valence-corrected chi connectivity index (χ4v) is 3.02. The van der Waals surface area contributed by atoms with E-state index in [1.54, 1.807) is 0 Å². The van der Waals surface area contributed by atoms with Crippen LogP contribution in [-0.4, -0.2) is 53.7 Å². The van der Waals surface area contributed by atoms with E-state index in [4.69, 9.17) is 4.74 Å². The van der Waals surface area contributed by atoms with Crippen molar-refractivity contribution < 1.29 is 14.9 Å². The van der Waals surface area contributed by atoms with Gasteiger partial charge >= 0.3 is 0 Å². The molecule has 0 aromatic heterocycles. The minimum Gasteiger partial charge on any atom is -0.393 e. The van der Waals surface area contributed by atoms with E-state index in [0.717, 1.165) is 63.7 Å². The van der Waals surface area contributed by atoms with Crippen molar-refractivity contribution in [2.45, 2.75) is 64.8 Å². The average Bonchev–Trinajstić information content (AvgIpc) is 2.46. The summed E-state index contributed by atoms with van der Waals surface area (Å²) in [4.78, 5) is 2.40. The zero-order chi connectivity index (χ0) is 15.7. The van der Waals surface area contributed by atoms with Gasteiger partial charge in [0.05, 0.1) is 6.10 Å². The summed E-state index contributed by atoms with van der Waals surface area (Å²) in [5, 5.41) is 19.7. The van der Waals surface area contributed by atoms with Crippen molar-refractivity contribution in [1.82, 2.24) is 4.90 Å². The lowest BCUT2D eigenvalue weighted by Crippen LogP contribution is -2.36. The summed E-state index contributed by atoms with van der Waals surface area (Å²) in [6.07, 6.45) is 4.88. The van der Waals surface area contributed by atoms with Gasteiger partial charge in [0.15, 0.2) is 6.29 Å².